The summed E-state index contributed by atoms with van der Waals surface area (Å²) in [7, 11) is 0. The first kappa shape index (κ1) is 17.5. The van der Waals surface area contributed by atoms with Gasteiger partial charge in [-0.15, -0.1) is 0 Å². The molecule has 27 heavy (non-hydrogen) atoms. The van der Waals surface area contributed by atoms with E-state index in [1.54, 1.807) is 11.0 Å². The van der Waals surface area contributed by atoms with Crippen LogP contribution in [0.5, 0.6) is 0 Å². The zero-order valence-corrected chi connectivity index (χ0v) is 14.1. The van der Waals surface area contributed by atoms with Crippen molar-refractivity contribution in [3.8, 4) is 11.1 Å². The van der Waals surface area contributed by atoms with Gasteiger partial charge in [0.15, 0.2) is 5.82 Å². The van der Waals surface area contributed by atoms with E-state index in [0.29, 0.717) is 29.7 Å². The van der Waals surface area contributed by atoms with E-state index in [9.17, 15) is 22.4 Å². The van der Waals surface area contributed by atoms with E-state index in [1.807, 2.05) is 0 Å². The standard InChI is InChI=1S/C19H15F4N3O/c20-15-10-26(11-17(27)25-5-2-6-25)16-8-13(9-24-18(15)16)12-3-1-4-14(7-12)19(21,22)23/h1,3-4,7-10H,2,5-6,11H2. The summed E-state index contributed by atoms with van der Waals surface area (Å²) in [5.74, 6) is -0.695. The van der Waals surface area contributed by atoms with Crippen LogP contribution in [0.25, 0.3) is 22.2 Å². The Hall–Kier alpha value is -2.90. The van der Waals surface area contributed by atoms with Crippen molar-refractivity contribution >= 4 is 16.9 Å². The van der Waals surface area contributed by atoms with E-state index in [-0.39, 0.29) is 18.0 Å². The molecule has 0 unspecified atom stereocenters. The summed E-state index contributed by atoms with van der Waals surface area (Å²) in [6, 6.07) is 6.42. The fourth-order valence-corrected chi connectivity index (χ4v) is 3.10. The fourth-order valence-electron chi connectivity index (χ4n) is 3.10. The van der Waals surface area contributed by atoms with Crippen LogP contribution in [0.3, 0.4) is 0 Å². The molecular weight excluding hydrogens is 362 g/mol. The lowest BCUT2D eigenvalue weighted by atomic mass is 10.0. The SMILES string of the molecule is O=C(Cn1cc(F)c2ncc(-c3cccc(C(F)(F)F)c3)cc21)N1CCC1. The van der Waals surface area contributed by atoms with Crippen molar-refractivity contribution in [1.82, 2.24) is 14.5 Å². The summed E-state index contributed by atoms with van der Waals surface area (Å²) in [4.78, 5) is 17.9. The van der Waals surface area contributed by atoms with Crippen molar-refractivity contribution in [2.45, 2.75) is 19.1 Å². The minimum Gasteiger partial charge on any atom is -0.341 e. The Labute approximate surface area is 152 Å². The van der Waals surface area contributed by atoms with Crippen LogP contribution in [0.1, 0.15) is 12.0 Å². The Morgan fingerprint density at radius 3 is 2.59 bits per heavy atom. The van der Waals surface area contributed by atoms with Crippen molar-refractivity contribution in [2.75, 3.05) is 13.1 Å². The van der Waals surface area contributed by atoms with Crippen LogP contribution in [0, 0.1) is 5.82 Å². The Bertz CT molecular complexity index is 1020. The monoisotopic (exact) mass is 377 g/mol. The van der Waals surface area contributed by atoms with Gasteiger partial charge in [0, 0.05) is 31.0 Å². The maximum absolute atomic E-state index is 14.2. The molecule has 2 aromatic heterocycles. The molecule has 0 bridgehead atoms. The van der Waals surface area contributed by atoms with E-state index in [1.165, 1.54) is 29.1 Å². The Morgan fingerprint density at radius 1 is 1.15 bits per heavy atom. The van der Waals surface area contributed by atoms with Crippen LogP contribution in [0.15, 0.2) is 42.7 Å². The molecule has 0 aliphatic carbocycles. The first-order valence-electron chi connectivity index (χ1n) is 8.43. The largest absolute Gasteiger partial charge is 0.416 e. The molecular formula is C19H15F4N3O. The molecule has 0 spiro atoms. The molecule has 140 valence electrons. The maximum Gasteiger partial charge on any atom is 0.416 e. The predicted octanol–water partition coefficient (Wildman–Crippen LogP) is 4.09. The molecule has 0 saturated carbocycles. The van der Waals surface area contributed by atoms with Crippen molar-refractivity contribution in [2.24, 2.45) is 0 Å². The third-order valence-electron chi connectivity index (χ3n) is 4.71. The first-order chi connectivity index (χ1) is 12.8. The quantitative estimate of drug-likeness (QED) is 0.645. The number of carbonyl (C=O) groups is 1. The van der Waals surface area contributed by atoms with Crippen LogP contribution in [0.4, 0.5) is 17.6 Å². The summed E-state index contributed by atoms with van der Waals surface area (Å²) < 4.78 is 54.5. The van der Waals surface area contributed by atoms with Gasteiger partial charge in [-0.2, -0.15) is 13.2 Å². The summed E-state index contributed by atoms with van der Waals surface area (Å²) >= 11 is 0. The molecule has 0 atom stereocenters. The van der Waals surface area contributed by atoms with E-state index in [0.717, 1.165) is 18.6 Å². The van der Waals surface area contributed by atoms with Crippen molar-refractivity contribution < 1.29 is 22.4 Å². The number of likely N-dealkylation sites (tertiary alicyclic amines) is 1. The lowest BCUT2D eigenvalue weighted by molar-refractivity contribution is -0.137. The molecule has 1 aliphatic rings. The average molecular weight is 377 g/mol. The highest BCUT2D eigenvalue weighted by Crippen LogP contribution is 2.33. The molecule has 0 N–H and O–H groups in total. The Balaban J connectivity index is 1.73. The van der Waals surface area contributed by atoms with Gasteiger partial charge < -0.3 is 9.47 Å². The number of hydrogen-bond donors (Lipinski definition) is 0. The van der Waals surface area contributed by atoms with E-state index < -0.39 is 17.6 Å². The van der Waals surface area contributed by atoms with Crippen LogP contribution >= 0.6 is 0 Å². The highest BCUT2D eigenvalue weighted by molar-refractivity contribution is 5.84. The number of aromatic nitrogens is 2. The van der Waals surface area contributed by atoms with Gasteiger partial charge in [0.2, 0.25) is 5.91 Å². The molecule has 3 heterocycles. The van der Waals surface area contributed by atoms with E-state index in [2.05, 4.69) is 4.98 Å². The smallest absolute Gasteiger partial charge is 0.341 e. The Morgan fingerprint density at radius 2 is 1.93 bits per heavy atom. The number of rotatable bonds is 3. The van der Waals surface area contributed by atoms with E-state index >= 15 is 0 Å². The number of amides is 1. The summed E-state index contributed by atoms with van der Waals surface area (Å²) in [6.45, 7) is 1.34. The molecule has 8 heteroatoms. The molecule has 4 rings (SSSR count). The summed E-state index contributed by atoms with van der Waals surface area (Å²) in [5, 5.41) is 0. The number of pyridine rings is 1. The van der Waals surface area contributed by atoms with Crippen LogP contribution in [-0.4, -0.2) is 33.4 Å². The molecule has 1 amide bonds. The van der Waals surface area contributed by atoms with Gasteiger partial charge in [0.05, 0.1) is 11.1 Å². The van der Waals surface area contributed by atoms with Crippen LogP contribution in [-0.2, 0) is 17.5 Å². The van der Waals surface area contributed by atoms with Gasteiger partial charge in [0.25, 0.3) is 0 Å². The number of fused-ring (bicyclic) bond motifs is 1. The average Bonchev–Trinajstić information content (AvgIpc) is 2.88. The highest BCUT2D eigenvalue weighted by atomic mass is 19.4. The van der Waals surface area contributed by atoms with Gasteiger partial charge in [0.1, 0.15) is 12.1 Å². The topological polar surface area (TPSA) is 38.1 Å². The minimum absolute atomic E-state index is 0.0336. The third-order valence-corrected chi connectivity index (χ3v) is 4.71. The Kier molecular flexibility index (Phi) is 4.13. The number of nitrogens with zero attached hydrogens (tertiary/aromatic N) is 3. The van der Waals surface area contributed by atoms with Crippen molar-refractivity contribution in [3.05, 3.63) is 54.1 Å². The molecule has 1 fully saturated rings. The summed E-state index contributed by atoms with van der Waals surface area (Å²) in [5.41, 5.74) is 0.429. The second kappa shape index (κ2) is 6.37. The van der Waals surface area contributed by atoms with Crippen LogP contribution in [0.2, 0.25) is 0 Å². The second-order valence-electron chi connectivity index (χ2n) is 6.51. The van der Waals surface area contributed by atoms with Crippen molar-refractivity contribution in [1.29, 1.82) is 0 Å². The van der Waals surface area contributed by atoms with Gasteiger partial charge in [-0.1, -0.05) is 12.1 Å². The summed E-state index contributed by atoms with van der Waals surface area (Å²) in [6.07, 6.45) is -0.967. The molecule has 3 aromatic rings. The molecule has 0 radical (unpaired) electrons. The number of carbonyl (C=O) groups excluding carboxylic acids is 1. The number of alkyl halides is 3. The maximum atomic E-state index is 14.2. The lowest BCUT2D eigenvalue weighted by Crippen LogP contribution is -2.43. The zero-order chi connectivity index (χ0) is 19.2. The fraction of sp³-hybridized carbons (Fsp3) is 0.263. The minimum atomic E-state index is -4.45. The lowest BCUT2D eigenvalue weighted by Gasteiger charge is -2.31. The first-order valence-corrected chi connectivity index (χ1v) is 8.43. The highest BCUT2D eigenvalue weighted by Gasteiger charge is 2.30. The van der Waals surface area contributed by atoms with Gasteiger partial charge in [-0.25, -0.2) is 4.39 Å². The van der Waals surface area contributed by atoms with Gasteiger partial charge in [-0.05, 0) is 30.2 Å². The molecule has 1 saturated heterocycles. The number of hydrogen-bond acceptors (Lipinski definition) is 2. The number of benzene rings is 1. The van der Waals surface area contributed by atoms with Crippen molar-refractivity contribution in [3.63, 3.8) is 0 Å². The predicted molar refractivity (Wildman–Crippen MR) is 91.3 cm³/mol. The molecule has 4 nitrogen and oxygen atoms in total. The van der Waals surface area contributed by atoms with E-state index in [4.69, 9.17) is 0 Å². The van der Waals surface area contributed by atoms with Gasteiger partial charge >= 0.3 is 6.18 Å². The van der Waals surface area contributed by atoms with Crippen LogP contribution < -0.4 is 0 Å². The second-order valence-corrected chi connectivity index (χ2v) is 6.51. The van der Waals surface area contributed by atoms with Gasteiger partial charge in [-0.3, -0.25) is 9.78 Å². The normalized spacial score (nSPS) is 14.4. The number of halogens is 4. The molecule has 1 aliphatic heterocycles. The zero-order valence-electron chi connectivity index (χ0n) is 14.1. The third kappa shape index (κ3) is 3.27. The molecule has 1 aromatic carbocycles.